The van der Waals surface area contributed by atoms with E-state index in [4.69, 9.17) is 4.98 Å². The summed E-state index contributed by atoms with van der Waals surface area (Å²) >= 11 is 1.68. The molecule has 7 nitrogen and oxygen atoms in total. The lowest BCUT2D eigenvalue weighted by Crippen LogP contribution is -2.49. The molecule has 1 aliphatic heterocycles. The van der Waals surface area contributed by atoms with Gasteiger partial charge in [-0.1, -0.05) is 0 Å². The van der Waals surface area contributed by atoms with Gasteiger partial charge in [-0.05, 0) is 25.7 Å². The molecule has 1 aliphatic carbocycles. The molecule has 27 heavy (non-hydrogen) atoms. The summed E-state index contributed by atoms with van der Waals surface area (Å²) in [6.07, 6.45) is 4.44. The number of thiazole rings is 1. The topological polar surface area (TPSA) is 61.2 Å². The quantitative estimate of drug-likeness (QED) is 0.776. The van der Waals surface area contributed by atoms with E-state index in [-0.39, 0.29) is 11.5 Å². The van der Waals surface area contributed by atoms with Crippen LogP contribution in [0.2, 0.25) is 0 Å². The first-order chi connectivity index (χ1) is 13.0. The van der Waals surface area contributed by atoms with E-state index >= 15 is 0 Å². The largest absolute Gasteiger partial charge is 0.348 e. The summed E-state index contributed by atoms with van der Waals surface area (Å²) < 4.78 is 1.83. The van der Waals surface area contributed by atoms with Crippen LogP contribution in [0.1, 0.15) is 29.1 Å². The van der Waals surface area contributed by atoms with Gasteiger partial charge in [-0.25, -0.2) is 4.98 Å². The number of likely N-dealkylation sites (N-methyl/N-ethyl adjacent to an activating group) is 1. The van der Waals surface area contributed by atoms with Gasteiger partial charge in [-0.2, -0.15) is 0 Å². The molecule has 0 atom stereocenters. The van der Waals surface area contributed by atoms with Gasteiger partial charge in [-0.15, -0.1) is 11.3 Å². The first kappa shape index (κ1) is 18.6. The Labute approximate surface area is 163 Å². The fraction of sp³-hybridized carbons (Fsp3) is 0.632. The van der Waals surface area contributed by atoms with E-state index in [2.05, 4.69) is 9.80 Å². The third-order valence-corrected chi connectivity index (χ3v) is 6.67. The first-order valence-electron chi connectivity index (χ1n) is 9.69. The van der Waals surface area contributed by atoms with Gasteiger partial charge >= 0.3 is 0 Å². The van der Waals surface area contributed by atoms with Crippen molar-refractivity contribution in [1.29, 1.82) is 0 Å². The number of aromatic nitrogens is 2. The Morgan fingerprint density at radius 1 is 1.15 bits per heavy atom. The van der Waals surface area contributed by atoms with Gasteiger partial charge in [0.05, 0.1) is 12.2 Å². The summed E-state index contributed by atoms with van der Waals surface area (Å²) in [6.45, 7) is 4.70. The molecule has 0 unspecified atom stereocenters. The lowest BCUT2D eigenvalue weighted by atomic mass is 10.0. The van der Waals surface area contributed by atoms with Gasteiger partial charge in [0, 0.05) is 63.5 Å². The number of carbonyl (C=O) groups excluding carboxylic acids is 1. The predicted molar refractivity (Wildman–Crippen MR) is 106 cm³/mol. The zero-order valence-electron chi connectivity index (χ0n) is 16.1. The number of hydrogen-bond donors (Lipinski definition) is 0. The van der Waals surface area contributed by atoms with Crippen molar-refractivity contribution in [2.45, 2.75) is 32.2 Å². The monoisotopic (exact) mass is 389 g/mol. The zero-order valence-corrected chi connectivity index (χ0v) is 16.9. The normalized spacial score (nSPS) is 18.6. The molecule has 2 aromatic heterocycles. The summed E-state index contributed by atoms with van der Waals surface area (Å²) in [5, 5.41) is 0. The fourth-order valence-electron chi connectivity index (χ4n) is 3.89. The molecule has 2 aliphatic rings. The SMILES string of the molecule is CN(C)C(=O)CN1CCN(Cc2cc(=O)n3c4c(sc3n2)CCCC4)CC1. The Hall–Kier alpha value is -1.77. The van der Waals surface area contributed by atoms with Gasteiger partial charge in [-0.3, -0.25) is 23.8 Å². The maximum Gasteiger partial charge on any atom is 0.259 e. The molecule has 8 heteroatoms. The van der Waals surface area contributed by atoms with Gasteiger partial charge in [0.15, 0.2) is 4.96 Å². The van der Waals surface area contributed by atoms with Crippen LogP contribution in [-0.4, -0.2) is 76.8 Å². The highest BCUT2D eigenvalue weighted by molar-refractivity contribution is 7.17. The molecule has 0 bridgehead atoms. The minimum Gasteiger partial charge on any atom is -0.348 e. The Balaban J connectivity index is 1.42. The summed E-state index contributed by atoms with van der Waals surface area (Å²) in [4.78, 5) is 37.7. The minimum atomic E-state index is 0.0598. The van der Waals surface area contributed by atoms with Crippen molar-refractivity contribution in [1.82, 2.24) is 24.1 Å². The highest BCUT2D eigenvalue weighted by atomic mass is 32.1. The third kappa shape index (κ3) is 3.93. The number of amides is 1. The highest BCUT2D eigenvalue weighted by Gasteiger charge is 2.22. The summed E-state index contributed by atoms with van der Waals surface area (Å²) in [5.41, 5.74) is 2.10. The number of rotatable bonds is 4. The number of nitrogens with zero attached hydrogens (tertiary/aromatic N) is 5. The Kier molecular flexibility index (Phi) is 5.29. The molecule has 0 radical (unpaired) electrons. The summed E-state index contributed by atoms with van der Waals surface area (Å²) in [5.74, 6) is 0.144. The number of aryl methyl sites for hydroxylation is 2. The van der Waals surface area contributed by atoms with E-state index in [9.17, 15) is 9.59 Å². The molecular weight excluding hydrogens is 362 g/mol. The average molecular weight is 390 g/mol. The van der Waals surface area contributed by atoms with E-state index in [0.29, 0.717) is 13.1 Å². The highest BCUT2D eigenvalue weighted by Crippen LogP contribution is 2.28. The Morgan fingerprint density at radius 3 is 2.59 bits per heavy atom. The second-order valence-corrected chi connectivity index (χ2v) is 8.79. The van der Waals surface area contributed by atoms with Gasteiger partial charge in [0.25, 0.3) is 5.56 Å². The fourth-order valence-corrected chi connectivity index (χ4v) is 5.12. The van der Waals surface area contributed by atoms with E-state index in [0.717, 1.165) is 56.1 Å². The van der Waals surface area contributed by atoms with Crippen LogP contribution in [0.4, 0.5) is 0 Å². The molecule has 1 saturated heterocycles. The molecule has 1 amide bonds. The smallest absolute Gasteiger partial charge is 0.259 e. The standard InChI is InChI=1S/C19H27N5O2S/c1-21(2)18(26)13-23-9-7-22(8-10-23)12-14-11-17(25)24-15-5-3-4-6-16(15)27-19(24)20-14/h11H,3-10,12-13H2,1-2H3. The van der Waals surface area contributed by atoms with Gasteiger partial charge in [0.1, 0.15) is 0 Å². The molecule has 0 N–H and O–H groups in total. The Morgan fingerprint density at radius 2 is 1.85 bits per heavy atom. The number of piperazine rings is 1. The van der Waals surface area contributed by atoms with E-state index in [1.165, 1.54) is 17.0 Å². The van der Waals surface area contributed by atoms with Crippen molar-refractivity contribution in [2.75, 3.05) is 46.8 Å². The van der Waals surface area contributed by atoms with Gasteiger partial charge in [0.2, 0.25) is 5.91 Å². The summed E-state index contributed by atoms with van der Waals surface area (Å²) in [7, 11) is 3.59. The molecule has 1 fully saturated rings. The third-order valence-electron chi connectivity index (χ3n) is 5.52. The maximum atomic E-state index is 12.7. The molecule has 146 valence electrons. The molecule has 3 heterocycles. The minimum absolute atomic E-state index is 0.0598. The average Bonchev–Trinajstić information content (AvgIpc) is 3.02. The van der Waals surface area contributed by atoms with Crippen LogP contribution in [0.3, 0.4) is 0 Å². The van der Waals surface area contributed by atoms with Crippen LogP contribution in [0.15, 0.2) is 10.9 Å². The van der Waals surface area contributed by atoms with E-state index in [1.807, 2.05) is 4.40 Å². The second-order valence-electron chi connectivity index (χ2n) is 7.72. The molecular formula is C19H27N5O2S. The lowest BCUT2D eigenvalue weighted by molar-refractivity contribution is -0.130. The van der Waals surface area contributed by atoms with Crippen LogP contribution < -0.4 is 5.56 Å². The predicted octanol–water partition coefficient (Wildman–Crippen LogP) is 0.841. The van der Waals surface area contributed by atoms with E-state index < -0.39 is 0 Å². The molecule has 4 rings (SSSR count). The van der Waals surface area contributed by atoms with Crippen molar-refractivity contribution in [3.63, 3.8) is 0 Å². The number of hydrogen-bond acceptors (Lipinski definition) is 6. The molecule has 0 aromatic carbocycles. The van der Waals surface area contributed by atoms with Crippen LogP contribution in [0.5, 0.6) is 0 Å². The first-order valence-corrected chi connectivity index (χ1v) is 10.5. The van der Waals surface area contributed by atoms with Crippen LogP contribution in [0, 0.1) is 0 Å². The molecule has 2 aromatic rings. The van der Waals surface area contributed by atoms with Crippen molar-refractivity contribution in [3.05, 3.63) is 32.7 Å². The maximum absolute atomic E-state index is 12.7. The van der Waals surface area contributed by atoms with Crippen molar-refractivity contribution < 1.29 is 4.79 Å². The van der Waals surface area contributed by atoms with Crippen molar-refractivity contribution in [3.8, 4) is 0 Å². The van der Waals surface area contributed by atoms with Crippen LogP contribution >= 0.6 is 11.3 Å². The van der Waals surface area contributed by atoms with Crippen molar-refractivity contribution >= 4 is 22.2 Å². The number of carbonyl (C=O) groups is 1. The van der Waals surface area contributed by atoms with Crippen LogP contribution in [0.25, 0.3) is 4.96 Å². The zero-order chi connectivity index (χ0) is 19.0. The van der Waals surface area contributed by atoms with Crippen LogP contribution in [-0.2, 0) is 24.2 Å². The van der Waals surface area contributed by atoms with Gasteiger partial charge < -0.3 is 4.90 Å². The summed E-state index contributed by atoms with van der Waals surface area (Å²) in [6, 6.07) is 1.70. The number of fused-ring (bicyclic) bond motifs is 3. The van der Waals surface area contributed by atoms with E-state index in [1.54, 1.807) is 36.4 Å². The lowest BCUT2D eigenvalue weighted by Gasteiger charge is -2.34. The Bertz CT molecular complexity index is 895. The molecule has 0 saturated carbocycles. The van der Waals surface area contributed by atoms with Crippen molar-refractivity contribution in [2.24, 2.45) is 0 Å². The molecule has 0 spiro atoms. The second kappa shape index (κ2) is 7.69.